The van der Waals surface area contributed by atoms with Crippen molar-refractivity contribution in [2.75, 3.05) is 0 Å². The van der Waals surface area contributed by atoms with E-state index in [0.29, 0.717) is 6.42 Å². The van der Waals surface area contributed by atoms with Crippen LogP contribution in [0.2, 0.25) is 0 Å². The van der Waals surface area contributed by atoms with Gasteiger partial charge in [-0.2, -0.15) is 13.2 Å². The molecule has 1 aromatic heterocycles. The van der Waals surface area contributed by atoms with Crippen LogP contribution in [0.4, 0.5) is 13.2 Å². The highest BCUT2D eigenvalue weighted by Gasteiger charge is 2.39. The molecule has 0 bridgehead atoms. The van der Waals surface area contributed by atoms with Gasteiger partial charge in [-0.15, -0.1) is 11.3 Å². The van der Waals surface area contributed by atoms with Gasteiger partial charge in [0.1, 0.15) is 6.10 Å². The van der Waals surface area contributed by atoms with Crippen molar-refractivity contribution in [2.24, 2.45) is 5.73 Å². The van der Waals surface area contributed by atoms with E-state index in [2.05, 4.69) is 0 Å². The SMILES string of the molecule is CCC(N)C(OC(C)C(F)(F)F)c1cccs1. The molecular weight excluding hydrogens is 251 g/mol. The van der Waals surface area contributed by atoms with Crippen molar-refractivity contribution in [2.45, 2.75) is 44.7 Å². The van der Waals surface area contributed by atoms with Crippen molar-refractivity contribution in [1.82, 2.24) is 0 Å². The molecule has 3 atom stereocenters. The van der Waals surface area contributed by atoms with Crippen LogP contribution in [-0.2, 0) is 4.74 Å². The molecule has 1 heterocycles. The summed E-state index contributed by atoms with van der Waals surface area (Å²) >= 11 is 1.35. The minimum atomic E-state index is -4.36. The average Bonchev–Trinajstić information content (AvgIpc) is 2.76. The fourth-order valence-electron chi connectivity index (χ4n) is 1.34. The summed E-state index contributed by atoms with van der Waals surface area (Å²) in [7, 11) is 0. The second kappa shape index (κ2) is 5.84. The van der Waals surface area contributed by atoms with E-state index in [0.717, 1.165) is 11.8 Å². The van der Waals surface area contributed by atoms with Crippen LogP contribution in [0.5, 0.6) is 0 Å². The lowest BCUT2D eigenvalue weighted by Gasteiger charge is -2.27. The van der Waals surface area contributed by atoms with Crippen LogP contribution < -0.4 is 5.73 Å². The van der Waals surface area contributed by atoms with Gasteiger partial charge in [0.25, 0.3) is 0 Å². The third kappa shape index (κ3) is 3.97. The number of alkyl halides is 3. The highest BCUT2D eigenvalue weighted by molar-refractivity contribution is 7.10. The van der Waals surface area contributed by atoms with Crippen LogP contribution in [0, 0.1) is 0 Å². The largest absolute Gasteiger partial charge is 0.414 e. The fourth-order valence-corrected chi connectivity index (χ4v) is 2.18. The summed E-state index contributed by atoms with van der Waals surface area (Å²) in [6.45, 7) is 2.83. The maximum absolute atomic E-state index is 12.5. The molecule has 2 nitrogen and oxygen atoms in total. The van der Waals surface area contributed by atoms with E-state index >= 15 is 0 Å². The molecule has 98 valence electrons. The van der Waals surface area contributed by atoms with Gasteiger partial charge in [0, 0.05) is 10.9 Å². The molecule has 2 N–H and O–H groups in total. The molecule has 0 saturated carbocycles. The van der Waals surface area contributed by atoms with Crippen molar-refractivity contribution in [3.8, 4) is 0 Å². The molecule has 6 heteroatoms. The molecule has 0 aliphatic heterocycles. The van der Waals surface area contributed by atoms with Crippen molar-refractivity contribution >= 4 is 11.3 Å². The van der Waals surface area contributed by atoms with Crippen LogP contribution >= 0.6 is 11.3 Å². The first-order chi connectivity index (χ1) is 7.86. The first kappa shape index (κ1) is 14.5. The third-order valence-corrected chi connectivity index (χ3v) is 3.43. The van der Waals surface area contributed by atoms with Gasteiger partial charge in [-0.3, -0.25) is 0 Å². The first-order valence-electron chi connectivity index (χ1n) is 5.37. The molecule has 1 rings (SSSR count). The highest BCUT2D eigenvalue weighted by atomic mass is 32.1. The summed E-state index contributed by atoms with van der Waals surface area (Å²) < 4.78 is 42.4. The van der Waals surface area contributed by atoms with Crippen LogP contribution in [0.15, 0.2) is 17.5 Å². The molecule has 0 radical (unpaired) electrons. The molecule has 0 aromatic carbocycles. The standard InChI is InChI=1S/C11H16F3NOS/c1-3-8(15)10(9-5-4-6-17-9)16-7(2)11(12,13)14/h4-8,10H,3,15H2,1-2H3. The van der Waals surface area contributed by atoms with E-state index in [1.807, 2.05) is 6.92 Å². The van der Waals surface area contributed by atoms with E-state index in [1.54, 1.807) is 17.5 Å². The Morgan fingerprint density at radius 3 is 2.53 bits per heavy atom. The highest BCUT2D eigenvalue weighted by Crippen LogP contribution is 2.32. The number of hydrogen-bond donors (Lipinski definition) is 1. The third-order valence-electron chi connectivity index (χ3n) is 2.50. The first-order valence-corrected chi connectivity index (χ1v) is 6.25. The van der Waals surface area contributed by atoms with E-state index in [1.165, 1.54) is 11.3 Å². The predicted molar refractivity (Wildman–Crippen MR) is 61.9 cm³/mol. The maximum atomic E-state index is 12.5. The van der Waals surface area contributed by atoms with E-state index in [-0.39, 0.29) is 0 Å². The minimum Gasteiger partial charge on any atom is -0.359 e. The Labute approximate surface area is 103 Å². The second-order valence-electron chi connectivity index (χ2n) is 3.83. The number of ether oxygens (including phenoxy) is 1. The van der Waals surface area contributed by atoms with Crippen LogP contribution in [0.1, 0.15) is 31.2 Å². The minimum absolute atomic E-state index is 0.432. The maximum Gasteiger partial charge on any atom is 0.414 e. The number of hydrogen-bond acceptors (Lipinski definition) is 3. The Morgan fingerprint density at radius 2 is 2.12 bits per heavy atom. The number of rotatable bonds is 5. The summed E-state index contributed by atoms with van der Waals surface area (Å²) in [5.41, 5.74) is 5.81. The summed E-state index contributed by atoms with van der Waals surface area (Å²) in [5.74, 6) is 0. The quantitative estimate of drug-likeness (QED) is 0.886. The van der Waals surface area contributed by atoms with Gasteiger partial charge in [-0.1, -0.05) is 13.0 Å². The van der Waals surface area contributed by atoms with Gasteiger partial charge >= 0.3 is 6.18 Å². The molecule has 0 aliphatic carbocycles. The smallest absolute Gasteiger partial charge is 0.359 e. The lowest BCUT2D eigenvalue weighted by molar-refractivity contribution is -0.229. The van der Waals surface area contributed by atoms with Gasteiger partial charge < -0.3 is 10.5 Å². The summed E-state index contributed by atoms with van der Waals surface area (Å²) in [6, 6.07) is 3.09. The molecule has 1 aromatic rings. The van der Waals surface area contributed by atoms with E-state index in [9.17, 15) is 13.2 Å². The lowest BCUT2D eigenvalue weighted by atomic mass is 10.1. The molecule has 0 saturated heterocycles. The summed E-state index contributed by atoms with van der Waals surface area (Å²) in [5, 5.41) is 1.80. The molecule has 0 fully saturated rings. The van der Waals surface area contributed by atoms with Crippen molar-refractivity contribution in [3.05, 3.63) is 22.4 Å². The molecule has 0 aliphatic rings. The fraction of sp³-hybridized carbons (Fsp3) is 0.636. The number of thiophene rings is 1. The van der Waals surface area contributed by atoms with Crippen molar-refractivity contribution in [1.29, 1.82) is 0 Å². The van der Waals surface area contributed by atoms with Crippen molar-refractivity contribution in [3.63, 3.8) is 0 Å². The Morgan fingerprint density at radius 1 is 1.47 bits per heavy atom. The molecule has 0 amide bonds. The molecule has 0 spiro atoms. The molecule has 17 heavy (non-hydrogen) atoms. The normalized spacial score (nSPS) is 17.8. The summed E-state index contributed by atoms with van der Waals surface area (Å²) in [6.07, 6.45) is -6.31. The topological polar surface area (TPSA) is 35.2 Å². The van der Waals surface area contributed by atoms with Gasteiger partial charge in [0.05, 0.1) is 0 Å². The summed E-state index contributed by atoms with van der Waals surface area (Å²) in [4.78, 5) is 0.732. The second-order valence-corrected chi connectivity index (χ2v) is 4.81. The van der Waals surface area contributed by atoms with Gasteiger partial charge in [-0.05, 0) is 24.8 Å². The monoisotopic (exact) mass is 267 g/mol. The van der Waals surface area contributed by atoms with Gasteiger partial charge in [0.15, 0.2) is 6.10 Å². The lowest BCUT2D eigenvalue weighted by Crippen LogP contribution is -2.36. The average molecular weight is 267 g/mol. The van der Waals surface area contributed by atoms with E-state index in [4.69, 9.17) is 10.5 Å². The Balaban J connectivity index is 2.79. The Hall–Kier alpha value is -0.590. The Bertz CT molecular complexity index is 326. The Kier molecular flexibility index (Phi) is 4.97. The van der Waals surface area contributed by atoms with Crippen LogP contribution in [0.25, 0.3) is 0 Å². The number of halogens is 3. The molecular formula is C11H16F3NOS. The zero-order valence-electron chi connectivity index (χ0n) is 9.70. The zero-order valence-corrected chi connectivity index (χ0v) is 10.5. The predicted octanol–water partition coefficient (Wildman–Crippen LogP) is 3.49. The van der Waals surface area contributed by atoms with E-state index < -0.39 is 24.4 Å². The molecule has 3 unspecified atom stereocenters. The number of nitrogens with two attached hydrogens (primary N) is 1. The van der Waals surface area contributed by atoms with Crippen molar-refractivity contribution < 1.29 is 17.9 Å². The van der Waals surface area contributed by atoms with Gasteiger partial charge in [-0.25, -0.2) is 0 Å². The van der Waals surface area contributed by atoms with Crippen LogP contribution in [0.3, 0.4) is 0 Å². The van der Waals surface area contributed by atoms with Gasteiger partial charge in [0.2, 0.25) is 0 Å². The zero-order chi connectivity index (χ0) is 13.1. The van der Waals surface area contributed by atoms with Crippen LogP contribution in [-0.4, -0.2) is 18.3 Å².